The zero-order valence-corrected chi connectivity index (χ0v) is 21.5. The van der Waals surface area contributed by atoms with Gasteiger partial charge >= 0.3 is 6.18 Å². The van der Waals surface area contributed by atoms with Gasteiger partial charge in [0, 0.05) is 37.5 Å². The molecule has 0 spiro atoms. The number of amides is 1. The predicted octanol–water partition coefficient (Wildman–Crippen LogP) is 5.62. The molecule has 1 saturated heterocycles. The van der Waals surface area contributed by atoms with E-state index < -0.39 is 11.7 Å². The second-order valence-corrected chi connectivity index (χ2v) is 9.78. The lowest BCUT2D eigenvalue weighted by molar-refractivity contribution is -0.137. The van der Waals surface area contributed by atoms with E-state index in [2.05, 4.69) is 22.0 Å². The van der Waals surface area contributed by atoms with Crippen LogP contribution in [0.5, 0.6) is 0 Å². The standard InChI is InChI=1S/C27H26F3N5O2S/c1-2-33-12-14-34(15-13-33)25(36)22-10-4-3-7-19(22)18-38-26-32-31-24(23-11-6-16-37-23)35(26)21-9-5-8-20(17-21)27(28,29)30/h3-11,16-17H,2,12-15,18H2,1H3. The molecule has 0 atom stereocenters. The van der Waals surface area contributed by atoms with Crippen LogP contribution in [0.15, 0.2) is 76.5 Å². The van der Waals surface area contributed by atoms with Gasteiger partial charge in [0.05, 0.1) is 17.5 Å². The van der Waals surface area contributed by atoms with Crippen molar-refractivity contribution in [1.82, 2.24) is 24.6 Å². The summed E-state index contributed by atoms with van der Waals surface area (Å²) in [5, 5.41) is 8.88. The van der Waals surface area contributed by atoms with Crippen LogP contribution >= 0.6 is 11.8 Å². The first-order chi connectivity index (χ1) is 18.3. The van der Waals surface area contributed by atoms with E-state index in [1.54, 1.807) is 22.8 Å². The van der Waals surface area contributed by atoms with E-state index in [1.165, 1.54) is 24.1 Å². The fraction of sp³-hybridized carbons (Fsp3) is 0.296. The van der Waals surface area contributed by atoms with Crippen LogP contribution in [0.25, 0.3) is 17.3 Å². The van der Waals surface area contributed by atoms with Gasteiger partial charge in [-0.2, -0.15) is 13.2 Å². The zero-order chi connectivity index (χ0) is 26.7. The van der Waals surface area contributed by atoms with E-state index in [1.807, 2.05) is 29.2 Å². The number of benzene rings is 2. The average molecular weight is 542 g/mol. The molecule has 2 aromatic heterocycles. The quantitative estimate of drug-likeness (QED) is 0.283. The number of hydrogen-bond donors (Lipinski definition) is 0. The first kappa shape index (κ1) is 26.1. The molecule has 5 rings (SSSR count). The number of furan rings is 1. The minimum Gasteiger partial charge on any atom is -0.461 e. The Balaban J connectivity index is 1.43. The van der Waals surface area contributed by atoms with Crippen molar-refractivity contribution in [3.8, 4) is 17.3 Å². The van der Waals surface area contributed by atoms with Gasteiger partial charge in [0.25, 0.3) is 5.91 Å². The van der Waals surface area contributed by atoms with Gasteiger partial charge in [-0.25, -0.2) is 0 Å². The van der Waals surface area contributed by atoms with Crippen molar-refractivity contribution in [3.63, 3.8) is 0 Å². The van der Waals surface area contributed by atoms with Crippen molar-refractivity contribution in [1.29, 1.82) is 0 Å². The van der Waals surface area contributed by atoms with E-state index in [0.29, 0.717) is 35.3 Å². The molecule has 0 bridgehead atoms. The second kappa shape index (κ2) is 11.0. The van der Waals surface area contributed by atoms with Gasteiger partial charge in [-0.3, -0.25) is 9.36 Å². The van der Waals surface area contributed by atoms with Gasteiger partial charge < -0.3 is 14.2 Å². The molecule has 11 heteroatoms. The van der Waals surface area contributed by atoms with Crippen molar-refractivity contribution < 1.29 is 22.4 Å². The number of alkyl halides is 3. The Hall–Kier alpha value is -3.57. The third-order valence-electron chi connectivity index (χ3n) is 6.52. The topological polar surface area (TPSA) is 67.4 Å². The van der Waals surface area contributed by atoms with Crippen LogP contribution in [0.2, 0.25) is 0 Å². The Kier molecular flexibility index (Phi) is 7.57. The molecule has 7 nitrogen and oxygen atoms in total. The number of likely N-dealkylation sites (N-methyl/N-ethyl adjacent to an activating group) is 1. The lowest BCUT2D eigenvalue weighted by Gasteiger charge is -2.34. The lowest BCUT2D eigenvalue weighted by atomic mass is 10.1. The molecule has 0 saturated carbocycles. The molecule has 0 aliphatic carbocycles. The number of carbonyl (C=O) groups excluding carboxylic acids is 1. The summed E-state index contributed by atoms with van der Waals surface area (Å²) in [5.74, 6) is 1.03. The van der Waals surface area contributed by atoms with Gasteiger partial charge in [0.2, 0.25) is 5.82 Å². The monoisotopic (exact) mass is 541 g/mol. The van der Waals surface area contributed by atoms with Gasteiger partial charge in [-0.15, -0.1) is 10.2 Å². The van der Waals surface area contributed by atoms with E-state index in [0.717, 1.165) is 37.3 Å². The van der Waals surface area contributed by atoms with E-state index in [4.69, 9.17) is 4.42 Å². The highest BCUT2D eigenvalue weighted by Gasteiger charge is 2.31. The van der Waals surface area contributed by atoms with Crippen LogP contribution in [-0.4, -0.2) is 63.2 Å². The van der Waals surface area contributed by atoms with Crippen LogP contribution in [-0.2, 0) is 11.9 Å². The van der Waals surface area contributed by atoms with Crippen LogP contribution < -0.4 is 0 Å². The van der Waals surface area contributed by atoms with Crippen molar-refractivity contribution in [3.05, 3.63) is 83.6 Å². The Bertz CT molecular complexity index is 1400. The Morgan fingerprint density at radius 2 is 1.79 bits per heavy atom. The Labute approximate surface area is 222 Å². The summed E-state index contributed by atoms with van der Waals surface area (Å²) in [7, 11) is 0. The zero-order valence-electron chi connectivity index (χ0n) is 20.7. The summed E-state index contributed by atoms with van der Waals surface area (Å²) >= 11 is 1.30. The third kappa shape index (κ3) is 5.48. The average Bonchev–Trinajstić information content (AvgIpc) is 3.61. The first-order valence-corrected chi connectivity index (χ1v) is 13.2. The molecule has 1 aliphatic heterocycles. The van der Waals surface area contributed by atoms with E-state index in [9.17, 15) is 18.0 Å². The van der Waals surface area contributed by atoms with Crippen molar-refractivity contribution in [2.24, 2.45) is 0 Å². The fourth-order valence-electron chi connectivity index (χ4n) is 4.42. The summed E-state index contributed by atoms with van der Waals surface area (Å²) in [6, 6.07) is 15.8. The molecule has 0 radical (unpaired) electrons. The van der Waals surface area contributed by atoms with Gasteiger partial charge in [0.1, 0.15) is 0 Å². The van der Waals surface area contributed by atoms with E-state index >= 15 is 0 Å². The molecular weight excluding hydrogens is 515 g/mol. The fourth-order valence-corrected chi connectivity index (χ4v) is 5.37. The third-order valence-corrected chi connectivity index (χ3v) is 7.50. The minimum absolute atomic E-state index is 0.0208. The summed E-state index contributed by atoms with van der Waals surface area (Å²) in [6.07, 6.45) is -3.03. The molecule has 2 aromatic carbocycles. The number of hydrogen-bond acceptors (Lipinski definition) is 6. The highest BCUT2D eigenvalue weighted by Crippen LogP contribution is 2.34. The first-order valence-electron chi connectivity index (χ1n) is 12.2. The number of halogens is 3. The maximum atomic E-state index is 13.5. The summed E-state index contributed by atoms with van der Waals surface area (Å²) < 4.78 is 47.4. The second-order valence-electron chi connectivity index (χ2n) is 8.84. The maximum absolute atomic E-state index is 13.5. The number of nitrogens with zero attached hydrogens (tertiary/aromatic N) is 5. The molecule has 198 valence electrons. The van der Waals surface area contributed by atoms with Gasteiger partial charge in [-0.1, -0.05) is 43.0 Å². The molecule has 0 unspecified atom stereocenters. The van der Waals surface area contributed by atoms with Crippen LogP contribution in [0.3, 0.4) is 0 Å². The summed E-state index contributed by atoms with van der Waals surface area (Å²) in [6.45, 7) is 6.10. The van der Waals surface area contributed by atoms with Gasteiger partial charge in [0.15, 0.2) is 10.9 Å². The molecule has 38 heavy (non-hydrogen) atoms. The highest BCUT2D eigenvalue weighted by molar-refractivity contribution is 7.98. The van der Waals surface area contributed by atoms with Crippen LogP contribution in [0.4, 0.5) is 13.2 Å². The molecule has 4 aromatic rings. The Morgan fingerprint density at radius 1 is 1.00 bits per heavy atom. The normalized spacial score (nSPS) is 14.7. The number of carbonyl (C=O) groups is 1. The molecule has 1 fully saturated rings. The van der Waals surface area contributed by atoms with Crippen molar-refractivity contribution >= 4 is 17.7 Å². The van der Waals surface area contributed by atoms with Crippen LogP contribution in [0, 0.1) is 0 Å². The van der Waals surface area contributed by atoms with Crippen molar-refractivity contribution in [2.45, 2.75) is 24.0 Å². The smallest absolute Gasteiger partial charge is 0.416 e. The minimum atomic E-state index is -4.50. The number of aromatic nitrogens is 3. The Morgan fingerprint density at radius 3 is 2.50 bits per heavy atom. The largest absolute Gasteiger partial charge is 0.461 e. The van der Waals surface area contributed by atoms with E-state index in [-0.39, 0.29) is 17.4 Å². The van der Waals surface area contributed by atoms with Crippen molar-refractivity contribution in [2.75, 3.05) is 32.7 Å². The van der Waals surface area contributed by atoms with Crippen LogP contribution in [0.1, 0.15) is 28.4 Å². The summed E-state index contributed by atoms with van der Waals surface area (Å²) in [5.41, 5.74) is 0.918. The molecule has 1 amide bonds. The SMILES string of the molecule is CCN1CCN(C(=O)c2ccccc2CSc2nnc(-c3ccco3)n2-c2cccc(C(F)(F)F)c2)CC1. The predicted molar refractivity (Wildman–Crippen MR) is 138 cm³/mol. The molecule has 0 N–H and O–H groups in total. The number of piperazine rings is 1. The lowest BCUT2D eigenvalue weighted by Crippen LogP contribution is -2.48. The number of rotatable bonds is 7. The van der Waals surface area contributed by atoms with Gasteiger partial charge in [-0.05, 0) is 48.5 Å². The highest BCUT2D eigenvalue weighted by atomic mass is 32.2. The summed E-state index contributed by atoms with van der Waals surface area (Å²) in [4.78, 5) is 17.5. The molecular formula is C27H26F3N5O2S. The molecule has 1 aliphatic rings. The maximum Gasteiger partial charge on any atom is 0.416 e. The number of thioether (sulfide) groups is 1. The molecule has 3 heterocycles.